The number of hydrogen-bond acceptors (Lipinski definition) is 2. The van der Waals surface area contributed by atoms with Crippen molar-refractivity contribution in [3.05, 3.63) is 42.0 Å². The van der Waals surface area contributed by atoms with Crippen molar-refractivity contribution in [3.8, 4) is 0 Å². The van der Waals surface area contributed by atoms with Crippen molar-refractivity contribution in [2.75, 3.05) is 5.32 Å². The molecule has 0 fully saturated rings. The highest BCUT2D eigenvalue weighted by Crippen LogP contribution is 2.31. The van der Waals surface area contributed by atoms with Crippen LogP contribution in [-0.4, -0.2) is 11.7 Å². The first kappa shape index (κ1) is 10.4. The van der Waals surface area contributed by atoms with Crippen molar-refractivity contribution >= 4 is 29.0 Å². The number of anilines is 1. The zero-order chi connectivity index (χ0) is 11.7. The molecular formula is C13H11NO2. The van der Waals surface area contributed by atoms with E-state index in [9.17, 15) is 9.59 Å². The quantitative estimate of drug-likeness (QED) is 0.727. The zero-order valence-corrected chi connectivity index (χ0v) is 8.91. The van der Waals surface area contributed by atoms with Gasteiger partial charge in [0.05, 0.1) is 0 Å². The van der Waals surface area contributed by atoms with Gasteiger partial charge in [-0.2, -0.15) is 0 Å². The van der Waals surface area contributed by atoms with Gasteiger partial charge in [-0.15, -0.1) is 0 Å². The lowest BCUT2D eigenvalue weighted by atomic mass is 9.91. The number of ketones is 1. The van der Waals surface area contributed by atoms with Crippen molar-refractivity contribution in [2.24, 2.45) is 0 Å². The van der Waals surface area contributed by atoms with E-state index in [0.717, 1.165) is 5.56 Å². The summed E-state index contributed by atoms with van der Waals surface area (Å²) in [6, 6.07) is 5.48. The minimum atomic E-state index is -0.164. The van der Waals surface area contributed by atoms with E-state index in [2.05, 4.69) is 11.9 Å². The summed E-state index contributed by atoms with van der Waals surface area (Å²) in [6.07, 6.45) is 3.22. The molecule has 0 bridgehead atoms. The Hall–Kier alpha value is -2.16. The number of fused-ring (bicyclic) bond motifs is 1. The van der Waals surface area contributed by atoms with Gasteiger partial charge in [0.25, 0.3) is 0 Å². The molecule has 0 atom stereocenters. The second-order valence-electron chi connectivity index (χ2n) is 3.63. The topological polar surface area (TPSA) is 46.2 Å². The molecule has 1 N–H and O–H groups in total. The summed E-state index contributed by atoms with van der Waals surface area (Å²) in [5.41, 5.74) is 2.66. The van der Waals surface area contributed by atoms with E-state index in [0.29, 0.717) is 16.8 Å². The molecule has 3 nitrogen and oxygen atoms in total. The molecule has 1 aliphatic carbocycles. The van der Waals surface area contributed by atoms with Crippen molar-refractivity contribution in [2.45, 2.75) is 6.92 Å². The van der Waals surface area contributed by atoms with Gasteiger partial charge in [0.2, 0.25) is 5.91 Å². The number of hydrogen-bond donors (Lipinski definition) is 1. The number of benzene rings is 1. The van der Waals surface area contributed by atoms with Crippen LogP contribution in [0, 0.1) is 0 Å². The van der Waals surface area contributed by atoms with Gasteiger partial charge in [-0.05, 0) is 17.7 Å². The summed E-state index contributed by atoms with van der Waals surface area (Å²) in [5, 5.41) is 2.70. The highest BCUT2D eigenvalue weighted by molar-refractivity contribution is 6.30. The van der Waals surface area contributed by atoms with Gasteiger partial charge in [0, 0.05) is 23.7 Å². The zero-order valence-electron chi connectivity index (χ0n) is 8.91. The molecule has 1 aromatic carbocycles. The molecule has 0 heterocycles. The second kappa shape index (κ2) is 3.77. The lowest BCUT2D eigenvalue weighted by Gasteiger charge is -2.16. The molecule has 3 heteroatoms. The van der Waals surface area contributed by atoms with E-state index in [1.165, 1.54) is 13.0 Å². The number of rotatable bonds is 1. The van der Waals surface area contributed by atoms with Crippen LogP contribution in [0.5, 0.6) is 0 Å². The van der Waals surface area contributed by atoms with Crippen LogP contribution in [0.15, 0.2) is 30.9 Å². The van der Waals surface area contributed by atoms with E-state index in [1.807, 2.05) is 12.1 Å². The maximum Gasteiger partial charge on any atom is 0.221 e. The van der Waals surface area contributed by atoms with E-state index < -0.39 is 0 Å². The van der Waals surface area contributed by atoms with Crippen LogP contribution in [0.25, 0.3) is 11.6 Å². The van der Waals surface area contributed by atoms with E-state index >= 15 is 0 Å². The summed E-state index contributed by atoms with van der Waals surface area (Å²) >= 11 is 0. The number of amides is 1. The smallest absolute Gasteiger partial charge is 0.221 e. The third-order valence-corrected chi connectivity index (χ3v) is 2.42. The fourth-order valence-corrected chi connectivity index (χ4v) is 1.73. The molecule has 2 rings (SSSR count). The monoisotopic (exact) mass is 213 g/mol. The first-order valence-electron chi connectivity index (χ1n) is 4.92. The Kier molecular flexibility index (Phi) is 2.44. The van der Waals surface area contributed by atoms with E-state index in [-0.39, 0.29) is 11.7 Å². The minimum Gasteiger partial charge on any atom is -0.326 e. The largest absolute Gasteiger partial charge is 0.326 e. The Balaban J connectivity index is 2.58. The molecule has 0 unspecified atom stereocenters. The number of nitrogens with one attached hydrogen (secondary N) is 1. The molecular weight excluding hydrogens is 202 g/mol. The van der Waals surface area contributed by atoms with E-state index in [4.69, 9.17) is 0 Å². The number of carbonyl (C=O) groups excluding carboxylic acids is 2. The van der Waals surface area contributed by atoms with Gasteiger partial charge < -0.3 is 5.32 Å². The van der Waals surface area contributed by atoms with Gasteiger partial charge in [0.15, 0.2) is 5.78 Å². The summed E-state index contributed by atoms with van der Waals surface area (Å²) < 4.78 is 0. The molecule has 80 valence electrons. The van der Waals surface area contributed by atoms with Crippen LogP contribution >= 0.6 is 0 Å². The van der Waals surface area contributed by atoms with Crippen molar-refractivity contribution < 1.29 is 9.59 Å². The first-order valence-corrected chi connectivity index (χ1v) is 4.92. The van der Waals surface area contributed by atoms with Crippen LogP contribution in [0.2, 0.25) is 0 Å². The summed E-state index contributed by atoms with van der Waals surface area (Å²) in [7, 11) is 0. The summed E-state index contributed by atoms with van der Waals surface area (Å²) in [6.45, 7) is 5.19. The van der Waals surface area contributed by atoms with Crippen LogP contribution in [-0.2, 0) is 9.59 Å². The lowest BCUT2D eigenvalue weighted by Crippen LogP contribution is -2.12. The number of allylic oxidation sites excluding steroid dienone is 2. The standard InChI is InChI=1S/C13H11NO2/c1-8-12(16)7-6-10-4-3-5-11(13(8)10)14-9(2)15/h3-7H,1H2,2H3,(H,14,15). The predicted octanol–water partition coefficient (Wildman–Crippen LogP) is 2.25. The van der Waals surface area contributed by atoms with Crippen LogP contribution in [0.1, 0.15) is 18.1 Å². The lowest BCUT2D eigenvalue weighted by molar-refractivity contribution is -0.114. The van der Waals surface area contributed by atoms with Gasteiger partial charge in [-0.1, -0.05) is 24.8 Å². The maximum absolute atomic E-state index is 11.5. The van der Waals surface area contributed by atoms with Crippen molar-refractivity contribution in [1.29, 1.82) is 0 Å². The molecule has 0 saturated carbocycles. The van der Waals surface area contributed by atoms with Crippen LogP contribution in [0.4, 0.5) is 5.69 Å². The molecule has 0 radical (unpaired) electrons. The normalized spacial score (nSPS) is 13.6. The molecule has 0 aliphatic heterocycles. The van der Waals surface area contributed by atoms with Gasteiger partial charge in [-0.3, -0.25) is 9.59 Å². The summed E-state index contributed by atoms with van der Waals surface area (Å²) in [4.78, 5) is 22.5. The summed E-state index contributed by atoms with van der Waals surface area (Å²) in [5.74, 6) is -0.284. The van der Waals surface area contributed by atoms with Crippen LogP contribution in [0.3, 0.4) is 0 Å². The fourth-order valence-electron chi connectivity index (χ4n) is 1.73. The molecule has 1 aliphatic rings. The van der Waals surface area contributed by atoms with Gasteiger partial charge in [0.1, 0.15) is 0 Å². The Morgan fingerprint density at radius 2 is 2.06 bits per heavy atom. The minimum absolute atomic E-state index is 0.120. The molecule has 0 saturated heterocycles. The van der Waals surface area contributed by atoms with Gasteiger partial charge in [-0.25, -0.2) is 0 Å². The highest BCUT2D eigenvalue weighted by Gasteiger charge is 2.18. The maximum atomic E-state index is 11.5. The second-order valence-corrected chi connectivity index (χ2v) is 3.63. The molecule has 1 aromatic rings. The molecule has 0 spiro atoms. The first-order chi connectivity index (χ1) is 7.59. The number of carbonyl (C=O) groups is 2. The van der Waals surface area contributed by atoms with Crippen LogP contribution < -0.4 is 5.32 Å². The van der Waals surface area contributed by atoms with E-state index in [1.54, 1.807) is 12.1 Å². The third-order valence-electron chi connectivity index (χ3n) is 2.42. The SMILES string of the molecule is C=C1C(=O)C=Cc2cccc(NC(C)=O)c21. The van der Waals surface area contributed by atoms with Crippen molar-refractivity contribution in [1.82, 2.24) is 0 Å². The molecule has 16 heavy (non-hydrogen) atoms. The highest BCUT2D eigenvalue weighted by atomic mass is 16.1. The average Bonchev–Trinajstić information content (AvgIpc) is 2.23. The predicted molar refractivity (Wildman–Crippen MR) is 63.8 cm³/mol. The Bertz CT molecular complexity index is 527. The fraction of sp³-hybridized carbons (Fsp3) is 0.0769. The third kappa shape index (κ3) is 1.67. The molecule has 0 aromatic heterocycles. The van der Waals surface area contributed by atoms with Gasteiger partial charge >= 0.3 is 0 Å². The Morgan fingerprint density at radius 3 is 2.75 bits per heavy atom. The average molecular weight is 213 g/mol. The molecule has 1 amide bonds. The van der Waals surface area contributed by atoms with Crippen molar-refractivity contribution in [3.63, 3.8) is 0 Å². The Morgan fingerprint density at radius 1 is 1.31 bits per heavy atom. The Labute approximate surface area is 93.5 Å².